The Morgan fingerprint density at radius 3 is 2.31 bits per heavy atom. The van der Waals surface area contributed by atoms with Crippen molar-refractivity contribution in [2.24, 2.45) is 11.8 Å². The number of imide groups is 1. The number of halogens is 1. The molecule has 1 saturated heterocycles. The molecular weight excluding hydrogens is 396 g/mol. The van der Waals surface area contributed by atoms with Gasteiger partial charge in [0.1, 0.15) is 6.54 Å². The Hall–Kier alpha value is -1.69. The third-order valence-corrected chi connectivity index (χ3v) is 6.69. The highest BCUT2D eigenvalue weighted by atomic mass is 79.9. The predicted molar refractivity (Wildman–Crippen MR) is 100.0 cm³/mol. The lowest BCUT2D eigenvalue weighted by Crippen LogP contribution is -2.53. The molecule has 26 heavy (non-hydrogen) atoms. The van der Waals surface area contributed by atoms with E-state index < -0.39 is 0 Å². The molecule has 3 fully saturated rings. The molecule has 0 spiro atoms. The van der Waals surface area contributed by atoms with Gasteiger partial charge in [-0.15, -0.1) is 0 Å². The largest absolute Gasteiger partial charge is 0.345 e. The van der Waals surface area contributed by atoms with Crippen molar-refractivity contribution in [3.05, 3.63) is 34.3 Å². The van der Waals surface area contributed by atoms with Crippen molar-refractivity contribution in [1.29, 1.82) is 0 Å². The maximum atomic E-state index is 12.7. The third kappa shape index (κ3) is 2.98. The van der Waals surface area contributed by atoms with Crippen LogP contribution < -0.4 is 5.32 Å². The molecule has 2 aliphatic carbocycles. The lowest BCUT2D eigenvalue weighted by atomic mass is 9.72. The second-order valence-electron chi connectivity index (χ2n) is 7.75. The van der Waals surface area contributed by atoms with Crippen molar-refractivity contribution in [1.82, 2.24) is 10.2 Å². The maximum Gasteiger partial charge on any atom is 0.240 e. The molecule has 5 nitrogen and oxygen atoms in total. The number of nitrogens with one attached hydrogen (secondary N) is 1. The SMILES string of the molecule is O=C(CN1C(=O)[C@H]2CCCC[C@@H]2C1=O)NC1(c2cccc(Br)c2)CCC1. The van der Waals surface area contributed by atoms with Crippen molar-refractivity contribution in [3.63, 3.8) is 0 Å². The molecule has 0 aromatic heterocycles. The van der Waals surface area contributed by atoms with Gasteiger partial charge < -0.3 is 5.32 Å². The molecule has 1 heterocycles. The van der Waals surface area contributed by atoms with Crippen molar-refractivity contribution < 1.29 is 14.4 Å². The predicted octanol–water partition coefficient (Wildman–Crippen LogP) is 3.12. The number of carbonyl (C=O) groups excluding carboxylic acids is 3. The minimum Gasteiger partial charge on any atom is -0.345 e. The molecule has 2 atom stereocenters. The Morgan fingerprint density at radius 1 is 1.12 bits per heavy atom. The van der Waals surface area contributed by atoms with Crippen LogP contribution in [0.1, 0.15) is 50.5 Å². The fourth-order valence-electron chi connectivity index (χ4n) is 4.64. The molecule has 4 rings (SSSR count). The summed E-state index contributed by atoms with van der Waals surface area (Å²) in [5, 5.41) is 3.12. The van der Waals surface area contributed by atoms with Crippen LogP contribution in [0, 0.1) is 11.8 Å². The van der Waals surface area contributed by atoms with E-state index in [4.69, 9.17) is 0 Å². The average Bonchev–Trinajstić information content (AvgIpc) is 2.83. The van der Waals surface area contributed by atoms with Crippen molar-refractivity contribution >= 4 is 33.7 Å². The van der Waals surface area contributed by atoms with Crippen LogP contribution in [0.4, 0.5) is 0 Å². The Morgan fingerprint density at radius 2 is 1.77 bits per heavy atom. The van der Waals surface area contributed by atoms with E-state index >= 15 is 0 Å². The van der Waals surface area contributed by atoms with E-state index in [0.717, 1.165) is 55.0 Å². The molecule has 1 aromatic carbocycles. The third-order valence-electron chi connectivity index (χ3n) is 6.20. The van der Waals surface area contributed by atoms with E-state index in [0.29, 0.717) is 0 Å². The Kier molecular flexibility index (Phi) is 4.63. The molecule has 1 aromatic rings. The molecule has 1 aliphatic heterocycles. The first kappa shape index (κ1) is 17.7. The van der Waals surface area contributed by atoms with E-state index in [1.807, 2.05) is 24.3 Å². The van der Waals surface area contributed by atoms with Crippen LogP contribution in [0.2, 0.25) is 0 Å². The number of benzene rings is 1. The number of carbonyl (C=O) groups is 3. The Labute approximate surface area is 161 Å². The van der Waals surface area contributed by atoms with E-state index in [1.54, 1.807) is 0 Å². The zero-order valence-corrected chi connectivity index (χ0v) is 16.3. The van der Waals surface area contributed by atoms with Crippen molar-refractivity contribution in [2.45, 2.75) is 50.5 Å². The molecule has 0 unspecified atom stereocenters. The number of fused-ring (bicyclic) bond motifs is 1. The van der Waals surface area contributed by atoms with Gasteiger partial charge in [0, 0.05) is 4.47 Å². The van der Waals surface area contributed by atoms with Gasteiger partial charge in [-0.2, -0.15) is 0 Å². The van der Waals surface area contributed by atoms with Crippen LogP contribution in [0.25, 0.3) is 0 Å². The molecule has 2 saturated carbocycles. The summed E-state index contributed by atoms with van der Waals surface area (Å²) in [7, 11) is 0. The maximum absolute atomic E-state index is 12.7. The summed E-state index contributed by atoms with van der Waals surface area (Å²) in [4.78, 5) is 39.0. The van der Waals surface area contributed by atoms with E-state index in [2.05, 4.69) is 21.2 Å². The topological polar surface area (TPSA) is 66.5 Å². The van der Waals surface area contributed by atoms with Crippen molar-refractivity contribution in [3.8, 4) is 0 Å². The quantitative estimate of drug-likeness (QED) is 0.763. The number of hydrogen-bond donors (Lipinski definition) is 1. The summed E-state index contributed by atoms with van der Waals surface area (Å²) in [6.45, 7) is -0.152. The van der Waals surface area contributed by atoms with E-state index in [-0.39, 0.29) is 41.6 Å². The highest BCUT2D eigenvalue weighted by Crippen LogP contribution is 2.42. The Bertz CT molecular complexity index is 735. The van der Waals surface area contributed by atoms with Gasteiger partial charge in [-0.1, -0.05) is 40.9 Å². The first-order valence-corrected chi connectivity index (χ1v) is 10.2. The summed E-state index contributed by atoms with van der Waals surface area (Å²) in [6, 6.07) is 7.97. The number of amides is 3. The average molecular weight is 419 g/mol. The summed E-state index contributed by atoms with van der Waals surface area (Å²) in [6.07, 6.45) is 6.34. The zero-order valence-electron chi connectivity index (χ0n) is 14.7. The molecule has 138 valence electrons. The second kappa shape index (κ2) is 6.80. The smallest absolute Gasteiger partial charge is 0.240 e. The molecule has 0 radical (unpaired) electrons. The fourth-order valence-corrected chi connectivity index (χ4v) is 5.04. The monoisotopic (exact) mass is 418 g/mol. The number of nitrogens with zero attached hydrogens (tertiary/aromatic N) is 1. The zero-order chi connectivity index (χ0) is 18.3. The van der Waals surface area contributed by atoms with Crippen LogP contribution in [-0.2, 0) is 19.9 Å². The first-order valence-electron chi connectivity index (χ1n) is 9.42. The number of hydrogen-bond acceptors (Lipinski definition) is 3. The van der Waals surface area contributed by atoms with Gasteiger partial charge in [0.05, 0.1) is 17.4 Å². The molecular formula is C20H23BrN2O3. The van der Waals surface area contributed by atoms with Crippen LogP contribution in [0.5, 0.6) is 0 Å². The molecule has 0 bridgehead atoms. The lowest BCUT2D eigenvalue weighted by Gasteiger charge is -2.43. The van der Waals surface area contributed by atoms with Gasteiger partial charge in [0.2, 0.25) is 17.7 Å². The molecule has 6 heteroatoms. The van der Waals surface area contributed by atoms with Gasteiger partial charge in [-0.05, 0) is 49.8 Å². The minimum atomic E-state index is -0.376. The van der Waals surface area contributed by atoms with E-state index in [9.17, 15) is 14.4 Å². The standard InChI is InChI=1S/C20H23BrN2O3/c21-14-6-3-5-13(11-14)20(9-4-10-20)22-17(24)12-23-18(25)15-7-1-2-8-16(15)19(23)26/h3,5-6,11,15-16H,1-2,4,7-10,12H2,(H,22,24)/t15-,16-/m0/s1. The molecule has 3 amide bonds. The van der Waals surface area contributed by atoms with Gasteiger partial charge in [-0.3, -0.25) is 19.3 Å². The van der Waals surface area contributed by atoms with Crippen LogP contribution in [0.3, 0.4) is 0 Å². The van der Waals surface area contributed by atoms with Crippen LogP contribution >= 0.6 is 15.9 Å². The number of likely N-dealkylation sites (tertiary alicyclic amines) is 1. The minimum absolute atomic E-state index is 0.152. The highest BCUT2D eigenvalue weighted by Gasteiger charge is 2.49. The number of rotatable bonds is 4. The first-order chi connectivity index (χ1) is 12.5. The van der Waals surface area contributed by atoms with Gasteiger partial charge >= 0.3 is 0 Å². The summed E-state index contributed by atoms with van der Waals surface area (Å²) in [5.41, 5.74) is 0.693. The Balaban J connectivity index is 1.47. The normalized spacial score (nSPS) is 27.0. The van der Waals surface area contributed by atoms with Gasteiger partial charge in [0.25, 0.3) is 0 Å². The van der Waals surface area contributed by atoms with E-state index in [1.165, 1.54) is 4.90 Å². The lowest BCUT2D eigenvalue weighted by molar-refractivity contribution is -0.144. The second-order valence-corrected chi connectivity index (χ2v) is 8.67. The molecule has 3 aliphatic rings. The van der Waals surface area contributed by atoms with Crippen molar-refractivity contribution in [2.75, 3.05) is 6.54 Å². The van der Waals surface area contributed by atoms with Crippen LogP contribution in [0.15, 0.2) is 28.7 Å². The van der Waals surface area contributed by atoms with Gasteiger partial charge in [0.15, 0.2) is 0 Å². The summed E-state index contributed by atoms with van der Waals surface area (Å²) >= 11 is 3.49. The molecule has 1 N–H and O–H groups in total. The summed E-state index contributed by atoms with van der Waals surface area (Å²) in [5.74, 6) is -0.955. The fraction of sp³-hybridized carbons (Fsp3) is 0.550. The summed E-state index contributed by atoms with van der Waals surface area (Å²) < 4.78 is 0.976. The van der Waals surface area contributed by atoms with Crippen LogP contribution in [-0.4, -0.2) is 29.2 Å². The highest BCUT2D eigenvalue weighted by molar-refractivity contribution is 9.10. The van der Waals surface area contributed by atoms with Gasteiger partial charge in [-0.25, -0.2) is 0 Å².